The number of aromatic nitrogens is 1. The van der Waals surface area contributed by atoms with Crippen molar-refractivity contribution < 1.29 is 9.53 Å². The van der Waals surface area contributed by atoms with Crippen LogP contribution in [0.5, 0.6) is 5.75 Å². The molecule has 0 saturated heterocycles. The number of amidine groups is 2. The molecule has 0 spiro atoms. The first kappa shape index (κ1) is 24.1. The summed E-state index contributed by atoms with van der Waals surface area (Å²) in [6.45, 7) is 11.4. The summed E-state index contributed by atoms with van der Waals surface area (Å²) in [6, 6.07) is 14.2. The molecule has 0 fully saturated rings. The van der Waals surface area contributed by atoms with E-state index in [1.165, 1.54) is 27.9 Å². The van der Waals surface area contributed by atoms with Crippen LogP contribution in [-0.2, 0) is 11.3 Å². The number of benzene rings is 2. The van der Waals surface area contributed by atoms with Crippen molar-refractivity contribution in [3.8, 4) is 5.75 Å². The number of amides is 1. The van der Waals surface area contributed by atoms with Crippen LogP contribution in [0.25, 0.3) is 17.0 Å². The molecule has 3 heterocycles. The Balaban J connectivity index is 1.46. The zero-order valence-corrected chi connectivity index (χ0v) is 21.9. The van der Waals surface area contributed by atoms with Crippen LogP contribution in [0, 0.1) is 32.1 Å². The molecule has 8 heteroatoms. The van der Waals surface area contributed by atoms with Crippen LogP contribution in [0.15, 0.2) is 58.1 Å². The second-order valence-corrected chi connectivity index (χ2v) is 10.4. The highest BCUT2D eigenvalue weighted by Gasteiger charge is 2.36. The molecule has 2 aromatic carbocycles. The van der Waals surface area contributed by atoms with Gasteiger partial charge in [0, 0.05) is 28.1 Å². The Morgan fingerprint density at radius 2 is 1.89 bits per heavy atom. The van der Waals surface area contributed by atoms with Gasteiger partial charge in [-0.3, -0.25) is 10.2 Å². The molecule has 2 aliphatic rings. The minimum atomic E-state index is -0.409. The van der Waals surface area contributed by atoms with Crippen molar-refractivity contribution in [1.29, 1.82) is 5.41 Å². The summed E-state index contributed by atoms with van der Waals surface area (Å²) >= 11 is 1.36. The van der Waals surface area contributed by atoms with Crippen molar-refractivity contribution in [1.82, 2.24) is 9.58 Å². The molecule has 1 aromatic heterocycles. The fourth-order valence-electron chi connectivity index (χ4n) is 4.37. The Morgan fingerprint density at radius 1 is 1.11 bits per heavy atom. The number of hydrogen-bond donors (Lipinski definition) is 1. The van der Waals surface area contributed by atoms with Crippen molar-refractivity contribution in [2.24, 2.45) is 16.0 Å². The Bertz CT molecular complexity index is 1500. The summed E-state index contributed by atoms with van der Waals surface area (Å²) in [5, 5.41) is 17.0. The third kappa shape index (κ3) is 4.26. The number of para-hydroxylation sites is 1. The summed E-state index contributed by atoms with van der Waals surface area (Å²) in [5.74, 6) is 0.704. The minimum absolute atomic E-state index is 0.0578. The van der Waals surface area contributed by atoms with Gasteiger partial charge in [0.1, 0.15) is 17.4 Å². The molecule has 5 rings (SSSR count). The van der Waals surface area contributed by atoms with Crippen molar-refractivity contribution in [2.45, 2.75) is 41.2 Å². The highest BCUT2D eigenvalue weighted by Crippen LogP contribution is 2.33. The van der Waals surface area contributed by atoms with Gasteiger partial charge < -0.3 is 9.30 Å². The summed E-state index contributed by atoms with van der Waals surface area (Å²) in [4.78, 5) is 17.2. The van der Waals surface area contributed by atoms with Crippen LogP contribution >= 0.6 is 11.8 Å². The van der Waals surface area contributed by atoms with Crippen molar-refractivity contribution in [3.63, 3.8) is 0 Å². The molecule has 0 atom stereocenters. The van der Waals surface area contributed by atoms with Gasteiger partial charge in [-0.15, -0.1) is 0 Å². The van der Waals surface area contributed by atoms with Crippen LogP contribution in [-0.4, -0.2) is 38.1 Å². The number of hydrazone groups is 1. The van der Waals surface area contributed by atoms with Crippen LogP contribution in [0.4, 0.5) is 0 Å². The first-order valence-electron chi connectivity index (χ1n) is 12.0. The van der Waals surface area contributed by atoms with Gasteiger partial charge in [-0.25, -0.2) is 0 Å². The quantitative estimate of drug-likeness (QED) is 0.427. The molecule has 0 bridgehead atoms. The van der Waals surface area contributed by atoms with Gasteiger partial charge in [0.2, 0.25) is 5.17 Å². The fourth-order valence-corrected chi connectivity index (χ4v) is 5.26. The molecule has 2 aliphatic heterocycles. The SMILES string of the molecule is Cc1ccc(OCCn2c(C)c(C=C3C(=N)N4N=C(C(C)C)SC4=NC3=O)c3ccccc32)cc1C. The fraction of sp³-hybridized carbons (Fsp3) is 0.286. The van der Waals surface area contributed by atoms with Crippen molar-refractivity contribution in [3.05, 3.63) is 70.4 Å². The smallest absolute Gasteiger partial charge is 0.283 e. The molecule has 0 radical (unpaired) electrons. The Labute approximate surface area is 215 Å². The number of hydrogen-bond acceptors (Lipinski definition) is 5. The molecule has 184 valence electrons. The number of aryl methyl sites for hydroxylation is 2. The molecule has 1 N–H and O–H groups in total. The molecular weight excluding hydrogens is 470 g/mol. The van der Waals surface area contributed by atoms with E-state index in [4.69, 9.17) is 10.1 Å². The average molecular weight is 500 g/mol. The molecule has 7 nitrogen and oxygen atoms in total. The average Bonchev–Trinajstić information content (AvgIpc) is 3.39. The number of carbonyl (C=O) groups excluding carboxylic acids is 1. The zero-order valence-electron chi connectivity index (χ0n) is 21.1. The summed E-state index contributed by atoms with van der Waals surface area (Å²) in [5.41, 5.74) is 5.65. The van der Waals surface area contributed by atoms with E-state index < -0.39 is 5.91 Å². The van der Waals surface area contributed by atoms with Crippen LogP contribution in [0.3, 0.4) is 0 Å². The predicted octanol–water partition coefficient (Wildman–Crippen LogP) is 5.92. The van der Waals surface area contributed by atoms with Crippen molar-refractivity contribution >= 4 is 50.7 Å². The maximum Gasteiger partial charge on any atom is 0.283 e. The first-order valence-corrected chi connectivity index (χ1v) is 12.8. The lowest BCUT2D eigenvalue weighted by molar-refractivity contribution is -0.114. The predicted molar refractivity (Wildman–Crippen MR) is 148 cm³/mol. The number of ether oxygens (including phenoxy) is 1. The topological polar surface area (TPSA) is 83.0 Å². The highest BCUT2D eigenvalue weighted by atomic mass is 32.2. The molecule has 0 unspecified atom stereocenters. The number of fused-ring (bicyclic) bond motifs is 2. The monoisotopic (exact) mass is 499 g/mol. The van der Waals surface area contributed by atoms with Gasteiger partial charge >= 0.3 is 0 Å². The molecule has 1 amide bonds. The number of rotatable bonds is 6. The minimum Gasteiger partial charge on any atom is -0.492 e. The normalized spacial score (nSPS) is 16.7. The van der Waals surface area contributed by atoms with Gasteiger partial charge in [-0.05, 0) is 67.9 Å². The van der Waals surface area contributed by atoms with Crippen molar-refractivity contribution in [2.75, 3.05) is 6.61 Å². The van der Waals surface area contributed by atoms with Gasteiger partial charge in [0.15, 0.2) is 5.84 Å². The van der Waals surface area contributed by atoms with Gasteiger partial charge in [0.25, 0.3) is 5.91 Å². The first-order chi connectivity index (χ1) is 17.2. The highest BCUT2D eigenvalue weighted by molar-refractivity contribution is 8.27. The third-order valence-corrected chi connectivity index (χ3v) is 7.80. The molecule has 0 saturated carbocycles. The van der Waals surface area contributed by atoms with E-state index in [2.05, 4.69) is 46.7 Å². The number of nitrogens with one attached hydrogen (secondary N) is 1. The second-order valence-electron chi connectivity index (χ2n) is 9.38. The maximum atomic E-state index is 12.9. The van der Waals surface area contributed by atoms with Gasteiger partial charge in [-0.1, -0.05) is 38.1 Å². The summed E-state index contributed by atoms with van der Waals surface area (Å²) in [7, 11) is 0. The molecule has 36 heavy (non-hydrogen) atoms. The Kier molecular flexibility index (Phi) is 6.30. The van der Waals surface area contributed by atoms with Gasteiger partial charge in [0.05, 0.1) is 12.1 Å². The van der Waals surface area contributed by atoms with E-state index in [1.807, 2.05) is 45.0 Å². The molecule has 3 aromatic rings. The summed E-state index contributed by atoms with van der Waals surface area (Å²) in [6.07, 6.45) is 1.79. The number of nitrogens with zero attached hydrogens (tertiary/aromatic N) is 4. The Hall–Kier alpha value is -3.65. The van der Waals surface area contributed by atoms with E-state index in [9.17, 15) is 4.79 Å². The van der Waals surface area contributed by atoms with E-state index in [-0.39, 0.29) is 17.3 Å². The Morgan fingerprint density at radius 3 is 2.64 bits per heavy atom. The summed E-state index contributed by atoms with van der Waals surface area (Å²) < 4.78 is 8.26. The maximum absolute atomic E-state index is 12.9. The molecular formula is C28H29N5O2S. The number of aliphatic imine (C=N–C) groups is 1. The van der Waals surface area contributed by atoms with Crippen LogP contribution in [0.2, 0.25) is 0 Å². The number of carbonyl (C=O) groups is 1. The lowest BCUT2D eigenvalue weighted by atomic mass is 10.1. The second kappa shape index (κ2) is 9.43. The van der Waals surface area contributed by atoms with Gasteiger partial charge in [-0.2, -0.15) is 15.1 Å². The number of thioether (sulfide) groups is 1. The van der Waals surface area contributed by atoms with E-state index in [1.54, 1.807) is 6.08 Å². The zero-order chi connectivity index (χ0) is 25.6. The third-order valence-electron chi connectivity index (χ3n) is 6.59. The van der Waals surface area contributed by atoms with E-state index in [0.717, 1.165) is 33.0 Å². The lowest BCUT2D eigenvalue weighted by Crippen LogP contribution is -2.35. The standard InChI is InChI=1S/C28H29N5O2S/c1-16(2)27-31-33-25(29)23(26(34)30-28(33)36-27)15-22-19(5)32(24-9-7-6-8-21(22)24)12-13-35-20-11-10-17(3)18(4)14-20/h6-11,14-16,29H,12-13H2,1-5H3. The van der Waals surface area contributed by atoms with E-state index in [0.29, 0.717) is 18.3 Å². The van der Waals surface area contributed by atoms with Crippen LogP contribution in [0.1, 0.15) is 36.2 Å². The lowest BCUT2D eigenvalue weighted by Gasteiger charge is -2.20. The molecule has 0 aliphatic carbocycles. The van der Waals surface area contributed by atoms with E-state index >= 15 is 0 Å². The van der Waals surface area contributed by atoms with Crippen LogP contribution < -0.4 is 4.74 Å². The largest absolute Gasteiger partial charge is 0.492 e.